The third-order valence-electron chi connectivity index (χ3n) is 3.33. The quantitative estimate of drug-likeness (QED) is 0.632. The van der Waals surface area contributed by atoms with Crippen molar-refractivity contribution in [1.82, 2.24) is 9.78 Å². The predicted molar refractivity (Wildman–Crippen MR) is 73.5 cm³/mol. The van der Waals surface area contributed by atoms with Gasteiger partial charge < -0.3 is 14.7 Å². The van der Waals surface area contributed by atoms with E-state index >= 15 is 0 Å². The Morgan fingerprint density at radius 2 is 2.33 bits per heavy atom. The molecule has 9 nitrogen and oxygen atoms in total. The first-order chi connectivity index (χ1) is 9.95. The van der Waals surface area contributed by atoms with Crippen LogP contribution in [0.15, 0.2) is 0 Å². The fraction of sp³-hybridized carbons (Fsp3) is 0.667. The van der Waals surface area contributed by atoms with E-state index in [4.69, 9.17) is 9.84 Å². The molecule has 1 N–H and O–H groups in total. The monoisotopic (exact) mass is 298 g/mol. The second-order valence-electron chi connectivity index (χ2n) is 4.88. The van der Waals surface area contributed by atoms with Gasteiger partial charge in [0.05, 0.1) is 18.1 Å². The molecule has 21 heavy (non-hydrogen) atoms. The Hall–Kier alpha value is -2.16. The maximum absolute atomic E-state index is 11.3. The summed E-state index contributed by atoms with van der Waals surface area (Å²) in [5.41, 5.74) is 0.274. The van der Waals surface area contributed by atoms with Gasteiger partial charge in [0.15, 0.2) is 6.10 Å². The molecule has 1 unspecified atom stereocenters. The number of rotatable bonds is 5. The zero-order valence-electron chi connectivity index (χ0n) is 12.0. The molecule has 2 rings (SSSR count). The van der Waals surface area contributed by atoms with Crippen LogP contribution in [0.5, 0.6) is 0 Å². The summed E-state index contributed by atoms with van der Waals surface area (Å²) in [5, 5.41) is 24.6. The first-order valence-corrected chi connectivity index (χ1v) is 6.76. The van der Waals surface area contributed by atoms with Crippen molar-refractivity contribution in [2.45, 2.75) is 32.9 Å². The van der Waals surface area contributed by atoms with Crippen molar-refractivity contribution in [2.24, 2.45) is 0 Å². The molecule has 0 aliphatic carbocycles. The summed E-state index contributed by atoms with van der Waals surface area (Å²) >= 11 is 0. The Morgan fingerprint density at radius 1 is 1.62 bits per heavy atom. The van der Waals surface area contributed by atoms with Crippen molar-refractivity contribution < 1.29 is 19.6 Å². The lowest BCUT2D eigenvalue weighted by atomic mass is 10.2. The number of aliphatic carboxylic acids is 1. The van der Waals surface area contributed by atoms with Crippen LogP contribution < -0.4 is 4.90 Å². The van der Waals surface area contributed by atoms with E-state index in [1.165, 1.54) is 0 Å². The molecule has 2 heterocycles. The zero-order valence-corrected chi connectivity index (χ0v) is 12.0. The molecule has 1 aliphatic rings. The van der Waals surface area contributed by atoms with Crippen molar-refractivity contribution in [3.63, 3.8) is 0 Å². The number of carboxylic acid groups (broad SMARTS) is 1. The van der Waals surface area contributed by atoms with Gasteiger partial charge in [-0.1, -0.05) is 6.92 Å². The van der Waals surface area contributed by atoms with Gasteiger partial charge in [0.1, 0.15) is 5.69 Å². The van der Waals surface area contributed by atoms with Crippen molar-refractivity contribution in [3.8, 4) is 0 Å². The number of carbonyl (C=O) groups is 1. The van der Waals surface area contributed by atoms with Gasteiger partial charge in [0.2, 0.25) is 5.82 Å². The molecule has 9 heteroatoms. The number of ether oxygens (including phenoxy) is 1. The third kappa shape index (κ3) is 2.97. The molecule has 0 bridgehead atoms. The third-order valence-corrected chi connectivity index (χ3v) is 3.33. The molecule has 116 valence electrons. The molecule has 0 aromatic carbocycles. The van der Waals surface area contributed by atoms with Gasteiger partial charge >= 0.3 is 11.7 Å². The number of morpholine rings is 1. The summed E-state index contributed by atoms with van der Waals surface area (Å²) < 4.78 is 6.74. The fourth-order valence-electron chi connectivity index (χ4n) is 2.45. The number of aromatic nitrogens is 2. The average molecular weight is 298 g/mol. The average Bonchev–Trinajstić information content (AvgIpc) is 2.76. The topological polar surface area (TPSA) is 111 Å². The lowest BCUT2D eigenvalue weighted by Gasteiger charge is -2.31. The highest BCUT2D eigenvalue weighted by atomic mass is 16.6. The normalized spacial score (nSPS) is 18.8. The smallest absolute Gasteiger partial charge is 0.334 e. The molecule has 1 aliphatic heterocycles. The molecule has 0 saturated carbocycles. The van der Waals surface area contributed by atoms with Crippen LogP contribution in [-0.4, -0.2) is 51.6 Å². The molecule has 0 spiro atoms. The zero-order chi connectivity index (χ0) is 15.6. The molecule has 1 atom stereocenters. The maximum atomic E-state index is 11.3. The molecule has 0 amide bonds. The Balaban J connectivity index is 2.40. The van der Waals surface area contributed by atoms with Gasteiger partial charge in [-0.3, -0.25) is 10.1 Å². The minimum atomic E-state index is -1.07. The summed E-state index contributed by atoms with van der Waals surface area (Å²) in [4.78, 5) is 23.6. The molecular formula is C12H18N4O5. The molecular weight excluding hydrogens is 280 g/mol. The van der Waals surface area contributed by atoms with Crippen LogP contribution in [-0.2, 0) is 16.1 Å². The Morgan fingerprint density at radius 3 is 2.90 bits per heavy atom. The summed E-state index contributed by atoms with van der Waals surface area (Å²) in [7, 11) is 0. The minimum absolute atomic E-state index is 0.0607. The van der Waals surface area contributed by atoms with Crippen molar-refractivity contribution in [1.29, 1.82) is 0 Å². The number of hydrogen-bond acceptors (Lipinski definition) is 6. The van der Waals surface area contributed by atoms with Gasteiger partial charge in [0, 0.05) is 13.1 Å². The number of hydrogen-bond donors (Lipinski definition) is 1. The number of nitrogens with zero attached hydrogens (tertiary/aromatic N) is 4. The van der Waals surface area contributed by atoms with Gasteiger partial charge in [-0.25, -0.2) is 9.48 Å². The highest BCUT2D eigenvalue weighted by Gasteiger charge is 2.34. The summed E-state index contributed by atoms with van der Waals surface area (Å²) in [6.45, 7) is 4.77. The first-order valence-electron chi connectivity index (χ1n) is 6.76. The second-order valence-corrected chi connectivity index (χ2v) is 4.88. The molecule has 1 aromatic heterocycles. The summed E-state index contributed by atoms with van der Waals surface area (Å²) in [6.07, 6.45) is -0.207. The molecule has 1 aromatic rings. The van der Waals surface area contributed by atoms with Gasteiger partial charge in [-0.05, 0) is 13.3 Å². The van der Waals surface area contributed by atoms with Crippen LogP contribution in [0.2, 0.25) is 0 Å². The van der Waals surface area contributed by atoms with Crippen LogP contribution in [0.1, 0.15) is 19.0 Å². The van der Waals surface area contributed by atoms with Gasteiger partial charge in [-0.2, -0.15) is 5.10 Å². The van der Waals surface area contributed by atoms with E-state index in [2.05, 4.69) is 5.10 Å². The van der Waals surface area contributed by atoms with Crippen molar-refractivity contribution in [3.05, 3.63) is 15.8 Å². The largest absolute Gasteiger partial charge is 0.479 e. The Labute approximate surface area is 121 Å². The van der Waals surface area contributed by atoms with Crippen molar-refractivity contribution >= 4 is 17.5 Å². The second kappa shape index (κ2) is 6.08. The number of nitro groups is 1. The molecule has 0 radical (unpaired) electrons. The highest BCUT2D eigenvalue weighted by molar-refractivity contribution is 5.74. The van der Waals surface area contributed by atoms with E-state index in [-0.39, 0.29) is 18.8 Å². The predicted octanol–water partition coefficient (Wildman–Crippen LogP) is 0.800. The first kappa shape index (κ1) is 15.2. The Kier molecular flexibility index (Phi) is 4.41. The lowest BCUT2D eigenvalue weighted by Crippen LogP contribution is -2.47. The molecule has 1 saturated heterocycles. The lowest BCUT2D eigenvalue weighted by molar-refractivity contribution is -0.384. The number of anilines is 1. The van der Waals surface area contributed by atoms with E-state index in [9.17, 15) is 14.9 Å². The van der Waals surface area contributed by atoms with Gasteiger partial charge in [-0.15, -0.1) is 0 Å². The molecule has 1 fully saturated rings. The van der Waals surface area contributed by atoms with Gasteiger partial charge in [0.25, 0.3) is 0 Å². The van der Waals surface area contributed by atoms with Crippen LogP contribution >= 0.6 is 0 Å². The Bertz CT molecular complexity index is 556. The van der Waals surface area contributed by atoms with Crippen LogP contribution in [0, 0.1) is 17.0 Å². The van der Waals surface area contributed by atoms with Crippen LogP contribution in [0.4, 0.5) is 11.5 Å². The van der Waals surface area contributed by atoms with E-state index < -0.39 is 17.0 Å². The van der Waals surface area contributed by atoms with Crippen LogP contribution in [0.3, 0.4) is 0 Å². The fourth-order valence-corrected chi connectivity index (χ4v) is 2.45. The van der Waals surface area contributed by atoms with E-state index in [1.807, 2.05) is 6.92 Å². The van der Waals surface area contributed by atoms with E-state index in [0.717, 1.165) is 6.42 Å². The van der Waals surface area contributed by atoms with Crippen LogP contribution in [0.25, 0.3) is 0 Å². The SMILES string of the molecule is CCCn1nc(C)c([N+](=O)[O-])c1N1CCOC(C(=O)O)C1. The number of aryl methyl sites for hydroxylation is 2. The van der Waals surface area contributed by atoms with Crippen molar-refractivity contribution in [2.75, 3.05) is 24.6 Å². The summed E-state index contributed by atoms with van der Waals surface area (Å²) in [5.74, 6) is -0.700. The standard InChI is InChI=1S/C12H18N4O5/c1-3-4-15-11(10(16(19)20)8(2)13-15)14-5-6-21-9(7-14)12(17)18/h9H,3-7H2,1-2H3,(H,17,18). The van der Waals surface area contributed by atoms with E-state index in [1.54, 1.807) is 16.5 Å². The summed E-state index contributed by atoms with van der Waals surface area (Å²) in [6, 6.07) is 0. The van der Waals surface area contributed by atoms with E-state index in [0.29, 0.717) is 24.6 Å². The maximum Gasteiger partial charge on any atom is 0.334 e. The number of carboxylic acids is 1. The minimum Gasteiger partial charge on any atom is -0.479 e. The highest BCUT2D eigenvalue weighted by Crippen LogP contribution is 2.32.